The van der Waals surface area contributed by atoms with E-state index in [1.54, 1.807) is 24.3 Å². The summed E-state index contributed by atoms with van der Waals surface area (Å²) in [6.07, 6.45) is 2.84. The number of imide groups is 1. The van der Waals surface area contributed by atoms with E-state index in [1.165, 1.54) is 4.90 Å². The molecule has 18 heavy (non-hydrogen) atoms. The van der Waals surface area contributed by atoms with Crippen LogP contribution in [-0.4, -0.2) is 29.9 Å². The lowest BCUT2D eigenvalue weighted by atomic mass is 10.1. The van der Waals surface area contributed by atoms with Gasteiger partial charge >= 0.3 is 6.03 Å². The maximum absolute atomic E-state index is 12.2. The van der Waals surface area contributed by atoms with E-state index in [1.807, 2.05) is 0 Å². The minimum Gasteiger partial charge on any atom is -0.338 e. The number of halogens is 1. The first kappa shape index (κ1) is 12.9. The van der Waals surface area contributed by atoms with Crippen LogP contribution in [0.3, 0.4) is 0 Å². The molecular formula is C13H15ClN2O2. The smallest absolute Gasteiger partial charge is 0.324 e. The van der Waals surface area contributed by atoms with E-state index in [0.717, 1.165) is 19.3 Å². The Labute approximate surface area is 111 Å². The van der Waals surface area contributed by atoms with Crippen LogP contribution in [0.25, 0.3) is 0 Å². The van der Waals surface area contributed by atoms with E-state index in [4.69, 9.17) is 11.6 Å². The molecule has 0 aliphatic carbocycles. The van der Waals surface area contributed by atoms with Crippen molar-refractivity contribution in [1.82, 2.24) is 10.2 Å². The fourth-order valence-corrected chi connectivity index (χ4v) is 2.03. The second-order valence-electron chi connectivity index (χ2n) is 4.26. The number of carbonyl (C=O) groups is 2. The summed E-state index contributed by atoms with van der Waals surface area (Å²) in [5.41, 5.74) is 0.482. The molecule has 0 saturated carbocycles. The maximum Gasteiger partial charge on any atom is 0.324 e. The Morgan fingerprint density at radius 3 is 2.61 bits per heavy atom. The van der Waals surface area contributed by atoms with Gasteiger partial charge in [0.25, 0.3) is 5.91 Å². The van der Waals surface area contributed by atoms with Crippen LogP contribution in [0.1, 0.15) is 29.6 Å². The van der Waals surface area contributed by atoms with E-state index < -0.39 is 0 Å². The lowest BCUT2D eigenvalue weighted by Crippen LogP contribution is -2.45. The molecule has 1 saturated heterocycles. The Morgan fingerprint density at radius 1 is 1.17 bits per heavy atom. The molecule has 0 radical (unpaired) electrons. The van der Waals surface area contributed by atoms with Crippen LogP contribution in [0.2, 0.25) is 5.02 Å². The second kappa shape index (κ2) is 5.87. The number of hydrogen-bond acceptors (Lipinski definition) is 2. The minimum atomic E-state index is -0.311. The molecule has 4 nitrogen and oxygen atoms in total. The highest BCUT2D eigenvalue weighted by Crippen LogP contribution is 2.13. The molecule has 1 N–H and O–H groups in total. The summed E-state index contributed by atoms with van der Waals surface area (Å²) < 4.78 is 0. The third kappa shape index (κ3) is 3.01. The lowest BCUT2D eigenvalue weighted by molar-refractivity contribution is 0.0793. The third-order valence-electron chi connectivity index (χ3n) is 2.92. The Morgan fingerprint density at radius 2 is 1.89 bits per heavy atom. The van der Waals surface area contributed by atoms with E-state index in [9.17, 15) is 9.59 Å². The highest BCUT2D eigenvalue weighted by Gasteiger charge is 2.23. The summed E-state index contributed by atoms with van der Waals surface area (Å²) in [6, 6.07) is 6.26. The van der Waals surface area contributed by atoms with Gasteiger partial charge in [-0.25, -0.2) is 4.79 Å². The number of benzene rings is 1. The molecule has 2 rings (SSSR count). The zero-order chi connectivity index (χ0) is 13.0. The largest absolute Gasteiger partial charge is 0.338 e. The van der Waals surface area contributed by atoms with Gasteiger partial charge in [-0.3, -0.25) is 9.69 Å². The average Bonchev–Trinajstić information content (AvgIpc) is 2.35. The number of urea groups is 1. The van der Waals surface area contributed by atoms with Crippen LogP contribution in [-0.2, 0) is 0 Å². The van der Waals surface area contributed by atoms with Crippen molar-refractivity contribution in [3.8, 4) is 0 Å². The highest BCUT2D eigenvalue weighted by molar-refractivity contribution is 6.30. The summed E-state index contributed by atoms with van der Waals surface area (Å²) in [6.45, 7) is 1.09. The SMILES string of the molecule is O=C1NCCCCCN1C(=O)c1ccc(Cl)cc1. The predicted octanol–water partition coefficient (Wildman–Crippen LogP) is 2.68. The Balaban J connectivity index is 2.14. The summed E-state index contributed by atoms with van der Waals surface area (Å²) >= 11 is 5.77. The van der Waals surface area contributed by atoms with Gasteiger partial charge < -0.3 is 5.32 Å². The van der Waals surface area contributed by atoms with Crippen LogP contribution in [0.5, 0.6) is 0 Å². The van der Waals surface area contributed by atoms with Gasteiger partial charge in [0, 0.05) is 23.7 Å². The zero-order valence-corrected chi connectivity index (χ0v) is 10.7. The molecule has 0 unspecified atom stereocenters. The molecule has 3 amide bonds. The molecule has 0 bridgehead atoms. The maximum atomic E-state index is 12.2. The topological polar surface area (TPSA) is 49.4 Å². The predicted molar refractivity (Wildman–Crippen MR) is 69.7 cm³/mol. The molecular weight excluding hydrogens is 252 g/mol. The van der Waals surface area contributed by atoms with Gasteiger partial charge in [0.05, 0.1) is 0 Å². The molecule has 0 aromatic heterocycles. The van der Waals surface area contributed by atoms with Crippen molar-refractivity contribution in [3.63, 3.8) is 0 Å². The Kier molecular flexibility index (Phi) is 4.20. The van der Waals surface area contributed by atoms with Crippen molar-refractivity contribution in [2.45, 2.75) is 19.3 Å². The average molecular weight is 267 g/mol. The number of carbonyl (C=O) groups excluding carboxylic acids is 2. The van der Waals surface area contributed by atoms with Crippen LogP contribution >= 0.6 is 11.6 Å². The van der Waals surface area contributed by atoms with E-state index >= 15 is 0 Å². The van der Waals surface area contributed by atoms with Crippen molar-refractivity contribution in [3.05, 3.63) is 34.9 Å². The van der Waals surface area contributed by atoms with E-state index in [-0.39, 0.29) is 11.9 Å². The second-order valence-corrected chi connectivity index (χ2v) is 4.69. The molecule has 1 fully saturated rings. The number of rotatable bonds is 1. The minimum absolute atomic E-state index is 0.272. The van der Waals surface area contributed by atoms with Crippen molar-refractivity contribution >= 4 is 23.5 Å². The van der Waals surface area contributed by atoms with Crippen LogP contribution < -0.4 is 5.32 Å². The Hall–Kier alpha value is -1.55. The molecule has 0 spiro atoms. The fourth-order valence-electron chi connectivity index (χ4n) is 1.91. The fraction of sp³-hybridized carbons (Fsp3) is 0.385. The first-order valence-corrected chi connectivity index (χ1v) is 6.41. The van der Waals surface area contributed by atoms with Gasteiger partial charge in [0.15, 0.2) is 0 Å². The summed E-state index contributed by atoms with van der Waals surface area (Å²) in [7, 11) is 0. The van der Waals surface area contributed by atoms with Gasteiger partial charge in [-0.05, 0) is 43.5 Å². The number of hydrogen-bond donors (Lipinski definition) is 1. The van der Waals surface area contributed by atoms with Crippen molar-refractivity contribution in [1.29, 1.82) is 0 Å². The van der Waals surface area contributed by atoms with E-state index in [2.05, 4.69) is 5.32 Å². The summed E-state index contributed by atoms with van der Waals surface area (Å²) in [5.74, 6) is -0.272. The first-order chi connectivity index (χ1) is 8.68. The summed E-state index contributed by atoms with van der Waals surface area (Å²) in [5, 5.41) is 3.31. The molecule has 96 valence electrons. The number of amides is 3. The van der Waals surface area contributed by atoms with Gasteiger partial charge in [-0.1, -0.05) is 11.6 Å². The number of nitrogens with zero attached hydrogens (tertiary/aromatic N) is 1. The molecule has 1 heterocycles. The van der Waals surface area contributed by atoms with Crippen molar-refractivity contribution in [2.24, 2.45) is 0 Å². The Bertz CT molecular complexity index is 445. The summed E-state index contributed by atoms with van der Waals surface area (Å²) in [4.78, 5) is 25.3. The van der Waals surface area contributed by atoms with Gasteiger partial charge in [-0.2, -0.15) is 0 Å². The zero-order valence-electron chi connectivity index (χ0n) is 9.99. The van der Waals surface area contributed by atoms with Gasteiger partial charge in [0.2, 0.25) is 0 Å². The van der Waals surface area contributed by atoms with Crippen molar-refractivity contribution < 1.29 is 9.59 Å². The van der Waals surface area contributed by atoms with Gasteiger partial charge in [-0.15, -0.1) is 0 Å². The molecule has 5 heteroatoms. The van der Waals surface area contributed by atoms with Crippen LogP contribution in [0.4, 0.5) is 4.79 Å². The van der Waals surface area contributed by atoms with Crippen LogP contribution in [0.15, 0.2) is 24.3 Å². The molecule has 1 aromatic rings. The molecule has 0 atom stereocenters. The molecule has 1 aliphatic rings. The molecule has 1 aliphatic heterocycles. The van der Waals surface area contributed by atoms with Gasteiger partial charge in [0.1, 0.15) is 0 Å². The van der Waals surface area contributed by atoms with E-state index in [0.29, 0.717) is 23.7 Å². The molecule has 1 aromatic carbocycles. The third-order valence-corrected chi connectivity index (χ3v) is 3.17. The van der Waals surface area contributed by atoms with Crippen molar-refractivity contribution in [2.75, 3.05) is 13.1 Å². The quantitative estimate of drug-likeness (QED) is 0.850. The van der Waals surface area contributed by atoms with Crippen LogP contribution in [0, 0.1) is 0 Å². The standard InChI is InChI=1S/C13H15ClN2O2/c14-11-6-4-10(5-7-11)12(17)16-9-3-1-2-8-15-13(16)18/h4-7H,1-3,8-9H2,(H,15,18). The normalized spacial score (nSPS) is 16.7. The first-order valence-electron chi connectivity index (χ1n) is 6.04. The lowest BCUT2D eigenvalue weighted by Gasteiger charge is -2.23. The number of nitrogens with one attached hydrogen (secondary N) is 1. The highest BCUT2D eigenvalue weighted by atomic mass is 35.5. The monoisotopic (exact) mass is 266 g/mol.